The minimum atomic E-state index is -0.481. The summed E-state index contributed by atoms with van der Waals surface area (Å²) >= 11 is 0. The SMILES string of the molecule is CCCCN(C(=O)OC(C)(C)C)C(C)c1ccc(C)c(NC)c1. The zero-order chi connectivity index (χ0) is 17.6. The fourth-order valence-electron chi connectivity index (χ4n) is 2.44. The molecule has 130 valence electrons. The average molecular weight is 320 g/mol. The third-order valence-electron chi connectivity index (χ3n) is 3.86. The van der Waals surface area contributed by atoms with E-state index in [4.69, 9.17) is 4.74 Å². The second-order valence-corrected chi connectivity index (χ2v) is 7.03. The molecule has 0 radical (unpaired) electrons. The summed E-state index contributed by atoms with van der Waals surface area (Å²) in [5, 5.41) is 3.21. The van der Waals surface area contributed by atoms with Crippen molar-refractivity contribution in [3.05, 3.63) is 29.3 Å². The van der Waals surface area contributed by atoms with Crippen LogP contribution in [0.3, 0.4) is 0 Å². The van der Waals surface area contributed by atoms with Gasteiger partial charge in [0.2, 0.25) is 0 Å². The van der Waals surface area contributed by atoms with E-state index in [0.717, 1.165) is 24.1 Å². The maximum atomic E-state index is 12.6. The Hall–Kier alpha value is -1.71. The topological polar surface area (TPSA) is 41.6 Å². The summed E-state index contributed by atoms with van der Waals surface area (Å²) < 4.78 is 5.59. The largest absolute Gasteiger partial charge is 0.444 e. The molecule has 4 heteroatoms. The van der Waals surface area contributed by atoms with Crippen LogP contribution in [-0.4, -0.2) is 30.2 Å². The molecule has 1 amide bonds. The summed E-state index contributed by atoms with van der Waals surface area (Å²) in [6.07, 6.45) is 1.76. The van der Waals surface area contributed by atoms with Crippen molar-refractivity contribution in [2.45, 2.75) is 66.0 Å². The number of aryl methyl sites for hydroxylation is 1. The summed E-state index contributed by atoms with van der Waals surface area (Å²) in [6.45, 7) is 12.7. The number of ether oxygens (including phenoxy) is 1. The average Bonchev–Trinajstić information content (AvgIpc) is 2.46. The Kier molecular flexibility index (Phi) is 6.92. The van der Waals surface area contributed by atoms with Crippen LogP contribution in [0.5, 0.6) is 0 Å². The summed E-state index contributed by atoms with van der Waals surface area (Å²) in [5.41, 5.74) is 2.92. The van der Waals surface area contributed by atoms with Gasteiger partial charge in [-0.25, -0.2) is 4.79 Å². The molecule has 0 aliphatic rings. The Morgan fingerprint density at radius 2 is 2.00 bits per heavy atom. The van der Waals surface area contributed by atoms with E-state index >= 15 is 0 Å². The van der Waals surface area contributed by atoms with Gasteiger partial charge >= 0.3 is 6.09 Å². The second-order valence-electron chi connectivity index (χ2n) is 7.03. The van der Waals surface area contributed by atoms with Crippen LogP contribution in [0.2, 0.25) is 0 Å². The van der Waals surface area contributed by atoms with Crippen LogP contribution < -0.4 is 5.32 Å². The first kappa shape index (κ1) is 19.3. The molecule has 23 heavy (non-hydrogen) atoms. The van der Waals surface area contributed by atoms with Crippen molar-refractivity contribution in [1.82, 2.24) is 4.90 Å². The highest BCUT2D eigenvalue weighted by Gasteiger charge is 2.26. The fourth-order valence-corrected chi connectivity index (χ4v) is 2.44. The lowest BCUT2D eigenvalue weighted by Crippen LogP contribution is -2.39. The first-order valence-corrected chi connectivity index (χ1v) is 8.47. The number of amides is 1. The minimum Gasteiger partial charge on any atom is -0.444 e. The summed E-state index contributed by atoms with van der Waals surface area (Å²) in [5.74, 6) is 0. The summed E-state index contributed by atoms with van der Waals surface area (Å²) in [7, 11) is 1.92. The second kappa shape index (κ2) is 8.23. The smallest absolute Gasteiger partial charge is 0.410 e. The fraction of sp³-hybridized carbons (Fsp3) is 0.632. The highest BCUT2D eigenvalue weighted by atomic mass is 16.6. The predicted octanol–water partition coefficient (Wildman–Crippen LogP) is 5.13. The Morgan fingerprint density at radius 1 is 1.35 bits per heavy atom. The van der Waals surface area contributed by atoms with E-state index in [-0.39, 0.29) is 12.1 Å². The van der Waals surface area contributed by atoms with E-state index in [1.807, 2.05) is 32.7 Å². The van der Waals surface area contributed by atoms with Crippen LogP contribution in [0.4, 0.5) is 10.5 Å². The molecule has 1 aromatic rings. The molecule has 0 bridgehead atoms. The van der Waals surface area contributed by atoms with Crippen molar-refractivity contribution >= 4 is 11.8 Å². The van der Waals surface area contributed by atoms with Gasteiger partial charge in [-0.15, -0.1) is 0 Å². The molecule has 4 nitrogen and oxygen atoms in total. The summed E-state index contributed by atoms with van der Waals surface area (Å²) in [4.78, 5) is 14.4. The first-order valence-electron chi connectivity index (χ1n) is 8.47. The number of benzene rings is 1. The van der Waals surface area contributed by atoms with Crippen LogP contribution in [0, 0.1) is 6.92 Å². The summed E-state index contributed by atoms with van der Waals surface area (Å²) in [6, 6.07) is 6.27. The molecule has 0 spiro atoms. The number of carbonyl (C=O) groups is 1. The molecule has 0 saturated carbocycles. The molecular formula is C19H32N2O2. The van der Waals surface area contributed by atoms with Gasteiger partial charge in [-0.2, -0.15) is 0 Å². The van der Waals surface area contributed by atoms with Crippen molar-refractivity contribution < 1.29 is 9.53 Å². The van der Waals surface area contributed by atoms with Gasteiger partial charge in [0.1, 0.15) is 5.60 Å². The van der Waals surface area contributed by atoms with Crippen molar-refractivity contribution in [2.24, 2.45) is 0 Å². The predicted molar refractivity (Wildman–Crippen MR) is 97.0 cm³/mol. The van der Waals surface area contributed by atoms with E-state index in [0.29, 0.717) is 6.54 Å². The van der Waals surface area contributed by atoms with Crippen molar-refractivity contribution in [1.29, 1.82) is 0 Å². The maximum absolute atomic E-state index is 12.6. The zero-order valence-corrected chi connectivity index (χ0v) is 15.7. The monoisotopic (exact) mass is 320 g/mol. The Labute approximate surface area is 141 Å². The first-order chi connectivity index (χ1) is 10.7. The van der Waals surface area contributed by atoms with Gasteiger partial charge in [-0.1, -0.05) is 25.5 Å². The molecule has 1 atom stereocenters. The highest BCUT2D eigenvalue weighted by Crippen LogP contribution is 2.27. The molecule has 1 aromatic carbocycles. The Bertz CT molecular complexity index is 521. The molecule has 0 aromatic heterocycles. The van der Waals surface area contributed by atoms with E-state index in [2.05, 4.69) is 44.3 Å². The lowest BCUT2D eigenvalue weighted by Gasteiger charge is -2.32. The van der Waals surface area contributed by atoms with Crippen LogP contribution in [-0.2, 0) is 4.74 Å². The molecule has 0 aliphatic heterocycles. The number of carbonyl (C=O) groups excluding carboxylic acids is 1. The molecule has 1 unspecified atom stereocenters. The number of rotatable bonds is 6. The van der Waals surface area contributed by atoms with Gasteiger partial charge in [-0.3, -0.25) is 0 Å². The third kappa shape index (κ3) is 5.77. The van der Waals surface area contributed by atoms with E-state index < -0.39 is 5.60 Å². The van der Waals surface area contributed by atoms with Crippen molar-refractivity contribution in [2.75, 3.05) is 18.9 Å². The number of anilines is 1. The van der Waals surface area contributed by atoms with Crippen LogP contribution in [0.15, 0.2) is 18.2 Å². The molecule has 0 saturated heterocycles. The quantitative estimate of drug-likeness (QED) is 0.789. The van der Waals surface area contributed by atoms with Crippen LogP contribution in [0.1, 0.15) is 64.6 Å². The molecule has 1 N–H and O–H groups in total. The van der Waals surface area contributed by atoms with Gasteiger partial charge in [0, 0.05) is 19.3 Å². The number of unbranched alkanes of at least 4 members (excludes halogenated alkanes) is 1. The Balaban J connectivity index is 3.03. The normalized spacial score (nSPS) is 12.7. The van der Waals surface area contributed by atoms with E-state index in [9.17, 15) is 4.79 Å². The Morgan fingerprint density at radius 3 is 2.52 bits per heavy atom. The van der Waals surface area contributed by atoms with Crippen molar-refractivity contribution in [3.8, 4) is 0 Å². The molecule has 0 fully saturated rings. The lowest BCUT2D eigenvalue weighted by atomic mass is 10.0. The zero-order valence-electron chi connectivity index (χ0n) is 15.7. The van der Waals surface area contributed by atoms with Gasteiger partial charge in [0.25, 0.3) is 0 Å². The van der Waals surface area contributed by atoms with E-state index in [1.54, 1.807) is 0 Å². The third-order valence-corrected chi connectivity index (χ3v) is 3.86. The van der Waals surface area contributed by atoms with Gasteiger partial charge in [0.15, 0.2) is 0 Å². The van der Waals surface area contributed by atoms with Gasteiger partial charge < -0.3 is 15.0 Å². The van der Waals surface area contributed by atoms with Gasteiger partial charge in [-0.05, 0) is 58.2 Å². The van der Waals surface area contributed by atoms with Gasteiger partial charge in [0.05, 0.1) is 6.04 Å². The molecule has 1 rings (SSSR count). The number of hydrogen-bond acceptors (Lipinski definition) is 3. The highest BCUT2D eigenvalue weighted by molar-refractivity contribution is 5.69. The minimum absolute atomic E-state index is 0.0240. The maximum Gasteiger partial charge on any atom is 0.410 e. The lowest BCUT2D eigenvalue weighted by molar-refractivity contribution is 0.0170. The number of nitrogens with zero attached hydrogens (tertiary/aromatic N) is 1. The molecule has 0 heterocycles. The number of nitrogens with one attached hydrogen (secondary N) is 1. The number of hydrogen-bond donors (Lipinski definition) is 1. The van der Waals surface area contributed by atoms with Crippen LogP contribution >= 0.6 is 0 Å². The van der Waals surface area contributed by atoms with Crippen molar-refractivity contribution in [3.63, 3.8) is 0 Å². The molecular weight excluding hydrogens is 288 g/mol. The van der Waals surface area contributed by atoms with E-state index in [1.165, 1.54) is 5.56 Å². The molecule has 0 aliphatic carbocycles. The van der Waals surface area contributed by atoms with Crippen LogP contribution in [0.25, 0.3) is 0 Å². The standard InChI is InChI=1S/C19H32N2O2/c1-8-9-12-21(18(22)23-19(4,5)6)15(3)16-11-10-14(2)17(13-16)20-7/h10-11,13,15,20H,8-9,12H2,1-7H3.